The summed E-state index contributed by atoms with van der Waals surface area (Å²) in [5.74, 6) is -0.525. The van der Waals surface area contributed by atoms with Gasteiger partial charge in [-0.2, -0.15) is 0 Å². The summed E-state index contributed by atoms with van der Waals surface area (Å²) >= 11 is 0. The first-order chi connectivity index (χ1) is 11.3. The average Bonchev–Trinajstić information content (AvgIpc) is 2.54. The Kier molecular flexibility index (Phi) is 4.93. The Morgan fingerprint density at radius 3 is 2.29 bits per heavy atom. The number of amides is 2. The van der Waals surface area contributed by atoms with Crippen LogP contribution in [0, 0.1) is 17.0 Å². The number of rotatable bonds is 4. The van der Waals surface area contributed by atoms with Crippen molar-refractivity contribution in [3.63, 3.8) is 0 Å². The summed E-state index contributed by atoms with van der Waals surface area (Å²) in [5.41, 5.74) is 1.99. The van der Waals surface area contributed by atoms with Crippen LogP contribution in [0.4, 0.5) is 17.1 Å². The van der Waals surface area contributed by atoms with Gasteiger partial charge in [0.25, 0.3) is 11.6 Å². The van der Waals surface area contributed by atoms with E-state index in [0.29, 0.717) is 16.9 Å². The number of nitro groups is 1. The number of aryl methyl sites for hydroxylation is 1. The highest BCUT2D eigenvalue weighted by atomic mass is 16.6. The Labute approximate surface area is 139 Å². The number of nitro benzene ring substituents is 1. The monoisotopic (exact) mass is 327 g/mol. The molecule has 0 aliphatic rings. The zero-order valence-electron chi connectivity index (χ0n) is 13.6. The molecule has 0 bridgehead atoms. The van der Waals surface area contributed by atoms with Crippen molar-refractivity contribution in [2.24, 2.45) is 0 Å². The molecular weight excluding hydrogens is 310 g/mol. The number of carbonyl (C=O) groups is 2. The Bertz CT molecular complexity index is 800. The summed E-state index contributed by atoms with van der Waals surface area (Å²) < 4.78 is 0. The van der Waals surface area contributed by atoms with E-state index in [-0.39, 0.29) is 17.2 Å². The van der Waals surface area contributed by atoms with Crippen LogP contribution in [0.15, 0.2) is 42.5 Å². The van der Waals surface area contributed by atoms with Gasteiger partial charge in [-0.3, -0.25) is 19.7 Å². The molecule has 0 saturated heterocycles. The molecule has 7 heteroatoms. The Hall–Kier alpha value is -3.22. The molecule has 0 fully saturated rings. The van der Waals surface area contributed by atoms with E-state index in [4.69, 9.17) is 0 Å². The van der Waals surface area contributed by atoms with E-state index in [9.17, 15) is 19.7 Å². The van der Waals surface area contributed by atoms with Gasteiger partial charge < -0.3 is 10.2 Å². The molecule has 0 aliphatic heterocycles. The van der Waals surface area contributed by atoms with Crippen LogP contribution >= 0.6 is 0 Å². The third-order valence-electron chi connectivity index (χ3n) is 3.66. The number of hydrogen-bond acceptors (Lipinski definition) is 4. The second kappa shape index (κ2) is 6.91. The standard InChI is InChI=1S/C17H17N3O4/c1-11-4-7-15(20(23)24)10-16(11)17(22)18-13-5-8-14(9-6-13)19(3)12(2)21/h4-10H,1-3H3,(H,18,22). The first-order valence-electron chi connectivity index (χ1n) is 7.20. The lowest BCUT2D eigenvalue weighted by Crippen LogP contribution is -2.22. The van der Waals surface area contributed by atoms with Crippen LogP contribution < -0.4 is 10.2 Å². The molecule has 2 aromatic carbocycles. The Morgan fingerprint density at radius 1 is 1.12 bits per heavy atom. The lowest BCUT2D eigenvalue weighted by Gasteiger charge is -2.15. The second-order valence-corrected chi connectivity index (χ2v) is 5.34. The molecular formula is C17H17N3O4. The molecule has 0 unspecified atom stereocenters. The fourth-order valence-electron chi connectivity index (χ4n) is 2.12. The van der Waals surface area contributed by atoms with Crippen LogP contribution in [-0.2, 0) is 4.79 Å². The van der Waals surface area contributed by atoms with Crippen molar-refractivity contribution in [1.82, 2.24) is 0 Å². The summed E-state index contributed by atoms with van der Waals surface area (Å²) in [7, 11) is 1.66. The highest BCUT2D eigenvalue weighted by Crippen LogP contribution is 2.21. The molecule has 2 amide bonds. The van der Waals surface area contributed by atoms with Gasteiger partial charge in [0.05, 0.1) is 4.92 Å². The zero-order valence-corrected chi connectivity index (χ0v) is 13.6. The Balaban J connectivity index is 2.19. The molecule has 24 heavy (non-hydrogen) atoms. The molecule has 124 valence electrons. The molecule has 0 aromatic heterocycles. The molecule has 0 heterocycles. The minimum atomic E-state index is -0.539. The zero-order chi connectivity index (χ0) is 17.9. The number of benzene rings is 2. The topological polar surface area (TPSA) is 92.6 Å². The van der Waals surface area contributed by atoms with Crippen LogP contribution in [0.25, 0.3) is 0 Å². The predicted molar refractivity (Wildman–Crippen MR) is 91.3 cm³/mol. The minimum Gasteiger partial charge on any atom is -0.322 e. The summed E-state index contributed by atoms with van der Waals surface area (Å²) in [6.45, 7) is 3.17. The van der Waals surface area contributed by atoms with Crippen molar-refractivity contribution in [2.75, 3.05) is 17.3 Å². The number of anilines is 2. The summed E-state index contributed by atoms with van der Waals surface area (Å²) in [5, 5.41) is 13.5. The van der Waals surface area contributed by atoms with Crippen LogP contribution in [0.2, 0.25) is 0 Å². The van der Waals surface area contributed by atoms with E-state index in [1.165, 1.54) is 30.0 Å². The minimum absolute atomic E-state index is 0.0981. The van der Waals surface area contributed by atoms with Crippen molar-refractivity contribution in [3.8, 4) is 0 Å². The van der Waals surface area contributed by atoms with E-state index in [1.54, 1.807) is 38.2 Å². The van der Waals surface area contributed by atoms with Gasteiger partial charge in [0, 0.05) is 43.0 Å². The normalized spacial score (nSPS) is 10.1. The summed E-state index contributed by atoms with van der Waals surface area (Å²) in [6.07, 6.45) is 0. The van der Waals surface area contributed by atoms with Crippen LogP contribution in [0.3, 0.4) is 0 Å². The third-order valence-corrected chi connectivity index (χ3v) is 3.66. The number of non-ortho nitro benzene ring substituents is 1. The smallest absolute Gasteiger partial charge is 0.270 e. The molecule has 2 rings (SSSR count). The molecule has 0 atom stereocenters. The number of carbonyl (C=O) groups excluding carboxylic acids is 2. The van der Waals surface area contributed by atoms with Crippen molar-refractivity contribution in [3.05, 3.63) is 63.7 Å². The molecule has 1 N–H and O–H groups in total. The van der Waals surface area contributed by atoms with E-state index < -0.39 is 10.8 Å². The highest BCUT2D eigenvalue weighted by Gasteiger charge is 2.15. The number of nitrogens with one attached hydrogen (secondary N) is 1. The van der Waals surface area contributed by atoms with Gasteiger partial charge in [-0.15, -0.1) is 0 Å². The Morgan fingerprint density at radius 2 is 1.75 bits per heavy atom. The third kappa shape index (κ3) is 3.75. The molecule has 0 aliphatic carbocycles. The first kappa shape index (κ1) is 17.1. The van der Waals surface area contributed by atoms with Crippen molar-refractivity contribution in [2.45, 2.75) is 13.8 Å². The van der Waals surface area contributed by atoms with E-state index >= 15 is 0 Å². The number of hydrogen-bond donors (Lipinski definition) is 1. The maximum atomic E-state index is 12.3. The van der Waals surface area contributed by atoms with Gasteiger partial charge in [0.15, 0.2) is 0 Å². The summed E-state index contributed by atoms with van der Waals surface area (Å²) in [4.78, 5) is 35.4. The van der Waals surface area contributed by atoms with Crippen molar-refractivity contribution < 1.29 is 14.5 Å². The molecule has 7 nitrogen and oxygen atoms in total. The van der Waals surface area contributed by atoms with E-state index in [0.717, 1.165) is 0 Å². The van der Waals surface area contributed by atoms with Gasteiger partial charge in [-0.25, -0.2) is 0 Å². The maximum Gasteiger partial charge on any atom is 0.270 e. The SMILES string of the molecule is CC(=O)N(C)c1ccc(NC(=O)c2cc([N+](=O)[O-])ccc2C)cc1. The van der Waals surface area contributed by atoms with Crippen LogP contribution in [-0.4, -0.2) is 23.8 Å². The van der Waals surface area contributed by atoms with Gasteiger partial charge in [-0.05, 0) is 36.8 Å². The molecule has 0 radical (unpaired) electrons. The predicted octanol–water partition coefficient (Wildman–Crippen LogP) is 3.14. The lowest BCUT2D eigenvalue weighted by molar-refractivity contribution is -0.384. The van der Waals surface area contributed by atoms with E-state index in [2.05, 4.69) is 5.32 Å². The van der Waals surface area contributed by atoms with Gasteiger partial charge in [0.1, 0.15) is 0 Å². The van der Waals surface area contributed by atoms with Crippen LogP contribution in [0.1, 0.15) is 22.8 Å². The summed E-state index contributed by atoms with van der Waals surface area (Å²) in [6, 6.07) is 10.9. The molecule has 2 aromatic rings. The largest absolute Gasteiger partial charge is 0.322 e. The van der Waals surface area contributed by atoms with Gasteiger partial charge >= 0.3 is 0 Å². The fraction of sp³-hybridized carbons (Fsp3) is 0.176. The highest BCUT2D eigenvalue weighted by molar-refractivity contribution is 6.05. The van der Waals surface area contributed by atoms with Gasteiger partial charge in [0.2, 0.25) is 5.91 Å². The van der Waals surface area contributed by atoms with E-state index in [1.807, 2.05) is 0 Å². The van der Waals surface area contributed by atoms with Gasteiger partial charge in [-0.1, -0.05) is 6.07 Å². The van der Waals surface area contributed by atoms with Crippen molar-refractivity contribution >= 4 is 28.9 Å². The first-order valence-corrected chi connectivity index (χ1v) is 7.20. The average molecular weight is 327 g/mol. The fourth-order valence-corrected chi connectivity index (χ4v) is 2.12. The second-order valence-electron chi connectivity index (χ2n) is 5.34. The molecule has 0 spiro atoms. The van der Waals surface area contributed by atoms with Crippen molar-refractivity contribution in [1.29, 1.82) is 0 Å². The van der Waals surface area contributed by atoms with Crippen LogP contribution in [0.5, 0.6) is 0 Å². The number of nitrogens with zero attached hydrogens (tertiary/aromatic N) is 2. The maximum absolute atomic E-state index is 12.3. The lowest BCUT2D eigenvalue weighted by atomic mass is 10.1. The quantitative estimate of drug-likeness (QED) is 0.689. The molecule has 0 saturated carbocycles.